The number of aliphatic carboxylic acids is 1. The van der Waals surface area contributed by atoms with Gasteiger partial charge in [-0.1, -0.05) is 25.4 Å². The fourth-order valence-corrected chi connectivity index (χ4v) is 5.50. The summed E-state index contributed by atoms with van der Waals surface area (Å²) in [6.07, 6.45) is 4.49. The van der Waals surface area contributed by atoms with Crippen LogP contribution in [0.5, 0.6) is 11.5 Å². The highest BCUT2D eigenvalue weighted by atomic mass is 35.5. The largest absolute Gasteiger partial charge is 0.493 e. The average molecular weight is 625 g/mol. The van der Waals surface area contributed by atoms with Crippen molar-refractivity contribution in [2.24, 2.45) is 5.41 Å². The Bertz CT molecular complexity index is 1450. The average Bonchev–Trinajstić information content (AvgIpc) is 2.96. The second kappa shape index (κ2) is 13.6. The Labute approximate surface area is 266 Å². The Balaban J connectivity index is 1.63. The van der Waals surface area contributed by atoms with Gasteiger partial charge in [-0.25, -0.2) is 9.78 Å². The molecule has 1 N–H and O–H groups in total. The van der Waals surface area contributed by atoms with Gasteiger partial charge in [0, 0.05) is 66.0 Å². The van der Waals surface area contributed by atoms with Crippen molar-refractivity contribution in [1.82, 2.24) is 9.97 Å². The van der Waals surface area contributed by atoms with Gasteiger partial charge in [0.25, 0.3) is 0 Å². The number of hydrogen-bond donors (Lipinski definition) is 1. The predicted octanol–water partition coefficient (Wildman–Crippen LogP) is 7.20. The highest BCUT2D eigenvalue weighted by Gasteiger charge is 2.35. The van der Waals surface area contributed by atoms with Crippen molar-refractivity contribution in [3.63, 3.8) is 0 Å². The summed E-state index contributed by atoms with van der Waals surface area (Å²) >= 11 is 6.06. The minimum absolute atomic E-state index is 0.225. The zero-order valence-corrected chi connectivity index (χ0v) is 27.9. The maximum Gasteiger partial charge on any atom is 0.337 e. The van der Waals surface area contributed by atoms with Gasteiger partial charge in [0.05, 0.1) is 24.9 Å². The summed E-state index contributed by atoms with van der Waals surface area (Å²) < 4.78 is 17.5. The van der Waals surface area contributed by atoms with Crippen LogP contribution >= 0.6 is 11.6 Å². The number of aryl methyl sites for hydroxylation is 1. The van der Waals surface area contributed by atoms with Gasteiger partial charge in [0.1, 0.15) is 12.4 Å². The molecule has 10 heteroatoms. The van der Waals surface area contributed by atoms with Gasteiger partial charge in [0.15, 0.2) is 17.6 Å². The van der Waals surface area contributed by atoms with Gasteiger partial charge in [-0.3, -0.25) is 4.98 Å². The Morgan fingerprint density at radius 2 is 1.82 bits per heavy atom. The monoisotopic (exact) mass is 624 g/mol. The number of pyridine rings is 2. The molecule has 238 valence electrons. The molecule has 4 rings (SSSR count). The standard InChI is InChI=1S/C34H45ClN4O5/c1-22-29(31(32(40)41)44-33(2,3)4)30(39-15-13-34(5,6)14-16-39)25(21-36-22)23-9-12-28(37-20-23)38(7)17-18-43-26-11-10-24(35)19-27(26)42-8/h9-12,19-21,31H,13-18H2,1-8H3,(H,40,41)/t31-/m0/s1. The lowest BCUT2D eigenvalue weighted by atomic mass is 9.82. The van der Waals surface area contributed by atoms with E-state index in [0.29, 0.717) is 40.9 Å². The summed E-state index contributed by atoms with van der Waals surface area (Å²) in [7, 11) is 3.54. The topological polar surface area (TPSA) is 97.2 Å². The van der Waals surface area contributed by atoms with Crippen LogP contribution in [0.1, 0.15) is 64.8 Å². The molecule has 0 radical (unpaired) electrons. The summed E-state index contributed by atoms with van der Waals surface area (Å²) in [5.41, 5.74) is 3.36. The maximum absolute atomic E-state index is 12.7. The molecule has 1 atom stereocenters. The van der Waals surface area contributed by atoms with Gasteiger partial charge in [0.2, 0.25) is 0 Å². The van der Waals surface area contributed by atoms with Crippen molar-refractivity contribution < 1.29 is 24.1 Å². The molecule has 2 aromatic heterocycles. The molecule has 0 unspecified atom stereocenters. The second-order valence-electron chi connectivity index (χ2n) is 13.1. The summed E-state index contributed by atoms with van der Waals surface area (Å²) in [4.78, 5) is 26.4. The molecule has 3 aromatic rings. The molecular weight excluding hydrogens is 580 g/mol. The van der Waals surface area contributed by atoms with Crippen molar-refractivity contribution >= 4 is 29.1 Å². The van der Waals surface area contributed by atoms with Crippen LogP contribution in [0.4, 0.5) is 11.5 Å². The molecule has 3 heterocycles. The Hall–Kier alpha value is -3.56. The van der Waals surface area contributed by atoms with Gasteiger partial charge in [-0.15, -0.1) is 0 Å². The Morgan fingerprint density at radius 1 is 1.11 bits per heavy atom. The van der Waals surface area contributed by atoms with Gasteiger partial charge in [-0.05, 0) is 70.2 Å². The SMILES string of the molecule is COc1cc(Cl)ccc1OCCN(C)c1ccc(-c2cnc(C)c([C@H](OC(C)(C)C)C(=O)O)c2N2CCC(C)(C)CC2)cn1. The molecule has 0 saturated carbocycles. The normalized spacial score (nSPS) is 15.5. The van der Waals surface area contributed by atoms with E-state index in [4.69, 9.17) is 30.8 Å². The molecule has 1 fully saturated rings. The third-order valence-corrected chi connectivity index (χ3v) is 8.17. The van der Waals surface area contributed by atoms with Crippen LogP contribution in [0, 0.1) is 12.3 Å². The molecule has 0 bridgehead atoms. The lowest BCUT2D eigenvalue weighted by molar-refractivity contribution is -0.160. The quantitative estimate of drug-likeness (QED) is 0.237. The molecule has 1 aliphatic rings. The summed E-state index contributed by atoms with van der Waals surface area (Å²) in [5, 5.41) is 10.9. The van der Waals surface area contributed by atoms with E-state index in [0.717, 1.165) is 48.6 Å². The minimum atomic E-state index is -1.16. The van der Waals surface area contributed by atoms with Crippen molar-refractivity contribution in [2.45, 2.75) is 66.1 Å². The molecule has 0 amide bonds. The third-order valence-electron chi connectivity index (χ3n) is 7.94. The van der Waals surface area contributed by atoms with E-state index in [1.165, 1.54) is 0 Å². The first-order chi connectivity index (χ1) is 20.7. The van der Waals surface area contributed by atoms with Crippen molar-refractivity contribution in [3.8, 4) is 22.6 Å². The number of rotatable bonds is 11. The summed E-state index contributed by atoms with van der Waals surface area (Å²) in [6, 6.07) is 9.25. The number of halogens is 1. The van der Waals surface area contributed by atoms with Crippen LogP contribution in [-0.2, 0) is 9.53 Å². The Morgan fingerprint density at radius 3 is 2.41 bits per heavy atom. The first kappa shape index (κ1) is 33.3. The summed E-state index contributed by atoms with van der Waals surface area (Å²) in [6.45, 7) is 14.7. The number of methoxy groups -OCH3 is 1. The van der Waals surface area contributed by atoms with E-state index in [2.05, 4.69) is 23.7 Å². The number of likely N-dealkylation sites (N-methyl/N-ethyl adjacent to an activating group) is 1. The van der Waals surface area contributed by atoms with Crippen molar-refractivity contribution in [3.05, 3.63) is 59.0 Å². The van der Waals surface area contributed by atoms with E-state index in [1.807, 2.05) is 64.2 Å². The number of anilines is 2. The molecule has 1 aliphatic heterocycles. The highest BCUT2D eigenvalue weighted by molar-refractivity contribution is 6.30. The number of piperidine rings is 1. The molecule has 1 aromatic carbocycles. The zero-order chi connectivity index (χ0) is 32.2. The van der Waals surface area contributed by atoms with Crippen LogP contribution in [0.25, 0.3) is 11.1 Å². The molecule has 9 nitrogen and oxygen atoms in total. The summed E-state index contributed by atoms with van der Waals surface area (Å²) in [5.74, 6) is 0.954. The van der Waals surface area contributed by atoms with Gasteiger partial charge >= 0.3 is 5.97 Å². The number of benzene rings is 1. The van der Waals surface area contributed by atoms with Crippen molar-refractivity contribution in [2.75, 3.05) is 50.2 Å². The number of ether oxygens (including phenoxy) is 3. The Kier molecular flexibility index (Phi) is 10.3. The predicted molar refractivity (Wildman–Crippen MR) is 175 cm³/mol. The van der Waals surface area contributed by atoms with Gasteiger partial charge in [-0.2, -0.15) is 0 Å². The molecule has 1 saturated heterocycles. The second-order valence-corrected chi connectivity index (χ2v) is 13.5. The third kappa shape index (κ3) is 8.12. The lowest BCUT2D eigenvalue weighted by Crippen LogP contribution is -2.39. The van der Waals surface area contributed by atoms with E-state index < -0.39 is 17.7 Å². The number of nitrogens with zero attached hydrogens (tertiary/aromatic N) is 4. The van der Waals surface area contributed by atoms with Crippen LogP contribution in [-0.4, -0.2) is 67.0 Å². The van der Waals surface area contributed by atoms with Gasteiger partial charge < -0.3 is 29.1 Å². The fourth-order valence-electron chi connectivity index (χ4n) is 5.34. The number of carboxylic acid groups (broad SMARTS) is 1. The smallest absolute Gasteiger partial charge is 0.337 e. The number of hydrogen-bond acceptors (Lipinski definition) is 8. The molecular formula is C34H45ClN4O5. The fraction of sp³-hybridized carbons (Fsp3) is 0.500. The van der Waals surface area contributed by atoms with Crippen LogP contribution in [0.3, 0.4) is 0 Å². The number of carboxylic acids is 1. The molecule has 0 spiro atoms. The zero-order valence-electron chi connectivity index (χ0n) is 27.1. The number of carbonyl (C=O) groups is 1. The van der Waals surface area contributed by atoms with Crippen molar-refractivity contribution in [1.29, 1.82) is 0 Å². The van der Waals surface area contributed by atoms with Crippen LogP contribution < -0.4 is 19.3 Å². The van der Waals surface area contributed by atoms with E-state index in [1.54, 1.807) is 25.3 Å². The lowest BCUT2D eigenvalue weighted by Gasteiger charge is -2.41. The first-order valence-electron chi connectivity index (χ1n) is 15.0. The van der Waals surface area contributed by atoms with Crippen LogP contribution in [0.2, 0.25) is 5.02 Å². The first-order valence-corrected chi connectivity index (χ1v) is 15.4. The minimum Gasteiger partial charge on any atom is -0.493 e. The molecule has 0 aliphatic carbocycles. The van der Waals surface area contributed by atoms with E-state index >= 15 is 0 Å². The van der Waals surface area contributed by atoms with E-state index in [9.17, 15) is 9.90 Å². The maximum atomic E-state index is 12.7. The number of aromatic nitrogens is 2. The van der Waals surface area contributed by atoms with Crippen LogP contribution in [0.15, 0.2) is 42.7 Å². The van der Waals surface area contributed by atoms with E-state index in [-0.39, 0.29) is 5.41 Å². The molecule has 44 heavy (non-hydrogen) atoms. The highest BCUT2D eigenvalue weighted by Crippen LogP contribution is 2.43.